The number of piperazine rings is 1. The maximum absolute atomic E-state index is 13.7. The summed E-state index contributed by atoms with van der Waals surface area (Å²) in [5, 5.41) is 0.570. The third-order valence-corrected chi connectivity index (χ3v) is 8.11. The number of hydrogen-bond acceptors (Lipinski definition) is 5. The Bertz CT molecular complexity index is 1380. The first-order valence-corrected chi connectivity index (χ1v) is 13.5. The number of halogens is 1. The quantitative estimate of drug-likeness (QED) is 0.358. The van der Waals surface area contributed by atoms with Gasteiger partial charge in [-0.15, -0.1) is 0 Å². The largest absolute Gasteiger partial charge is 0.496 e. The first-order valence-electron chi connectivity index (χ1n) is 13.5. The fourth-order valence-corrected chi connectivity index (χ4v) is 5.66. The fraction of sp³-hybridized carbons (Fsp3) is 0.433. The van der Waals surface area contributed by atoms with Crippen molar-refractivity contribution in [2.24, 2.45) is 13.0 Å². The number of hydrogen-bond donors (Lipinski definition) is 0. The maximum atomic E-state index is 13.7. The number of rotatable bonds is 6. The summed E-state index contributed by atoms with van der Waals surface area (Å²) in [5.41, 5.74) is 2.50. The van der Waals surface area contributed by atoms with Gasteiger partial charge in [-0.25, -0.2) is 4.39 Å². The van der Waals surface area contributed by atoms with Crippen molar-refractivity contribution in [3.63, 3.8) is 0 Å². The molecule has 3 aromatic rings. The van der Waals surface area contributed by atoms with E-state index in [1.165, 1.54) is 19.2 Å². The van der Waals surface area contributed by atoms with E-state index in [-0.39, 0.29) is 11.7 Å². The van der Waals surface area contributed by atoms with Gasteiger partial charge in [0.15, 0.2) is 0 Å². The van der Waals surface area contributed by atoms with E-state index in [9.17, 15) is 18.8 Å². The molecule has 0 saturated carbocycles. The van der Waals surface area contributed by atoms with Crippen LogP contribution in [0.5, 0.6) is 5.75 Å². The van der Waals surface area contributed by atoms with Gasteiger partial charge in [-0.1, -0.05) is 12.1 Å². The van der Waals surface area contributed by atoms with Crippen molar-refractivity contribution in [3.8, 4) is 5.75 Å². The number of aryl methyl sites for hydroxylation is 1. The molecule has 39 heavy (non-hydrogen) atoms. The Morgan fingerprint density at radius 3 is 2.21 bits per heavy atom. The van der Waals surface area contributed by atoms with Crippen LogP contribution in [0.1, 0.15) is 39.1 Å². The lowest BCUT2D eigenvalue weighted by Gasteiger charge is -2.32. The maximum Gasteiger partial charge on any atom is 0.295 e. The van der Waals surface area contributed by atoms with E-state index >= 15 is 0 Å². The molecule has 206 valence electrons. The molecular weight excluding hydrogens is 499 g/mol. The van der Waals surface area contributed by atoms with Crippen LogP contribution in [0.4, 0.5) is 4.39 Å². The second-order valence-electron chi connectivity index (χ2n) is 10.7. The summed E-state index contributed by atoms with van der Waals surface area (Å²) in [7, 11) is 5.33. The van der Waals surface area contributed by atoms with Gasteiger partial charge in [0.05, 0.1) is 23.8 Å². The molecule has 2 aliphatic rings. The lowest BCUT2D eigenvalue weighted by Crippen LogP contribution is -2.49. The van der Waals surface area contributed by atoms with E-state index in [2.05, 4.69) is 4.90 Å². The summed E-state index contributed by atoms with van der Waals surface area (Å²) in [6.45, 7) is 3.69. The minimum absolute atomic E-state index is 0.151. The summed E-state index contributed by atoms with van der Waals surface area (Å²) in [6, 6.07) is 10.1. The number of Topliss-reactive ketones (excluding diaryl/α,β-unsaturated/α-hetero) is 1. The number of methoxy groups -OCH3 is 1. The summed E-state index contributed by atoms with van der Waals surface area (Å²) in [6.07, 6.45) is 4.22. The topological polar surface area (TPSA) is 75.1 Å². The van der Waals surface area contributed by atoms with Crippen LogP contribution in [0.25, 0.3) is 10.9 Å². The molecule has 0 bridgehead atoms. The fourth-order valence-electron chi connectivity index (χ4n) is 5.66. The summed E-state index contributed by atoms with van der Waals surface area (Å²) in [5.74, 6) is -0.606. The average Bonchev–Trinajstić information content (AvgIpc) is 3.28. The van der Waals surface area contributed by atoms with Crippen molar-refractivity contribution in [2.75, 3.05) is 53.4 Å². The number of amides is 2. The molecule has 1 aromatic heterocycles. The number of ether oxygens (including phenoxy) is 1. The normalized spacial score (nSPS) is 17.0. The van der Waals surface area contributed by atoms with Gasteiger partial charge in [-0.2, -0.15) is 0 Å². The SMILES string of the molecule is COc1cc2c(cc1C(=O)N1CCC(Cc3ccc(F)cc3)CC1)c(C(=O)C(=O)N1CCN(C)CC1)cn2C. The Hall–Kier alpha value is -3.72. The molecule has 0 unspecified atom stereocenters. The lowest BCUT2D eigenvalue weighted by molar-refractivity contribution is -0.127. The summed E-state index contributed by atoms with van der Waals surface area (Å²) < 4.78 is 20.6. The zero-order valence-corrected chi connectivity index (χ0v) is 22.8. The highest BCUT2D eigenvalue weighted by atomic mass is 19.1. The van der Waals surface area contributed by atoms with Crippen LogP contribution in [0, 0.1) is 11.7 Å². The zero-order chi connectivity index (χ0) is 27.7. The smallest absolute Gasteiger partial charge is 0.295 e. The Labute approximate surface area is 227 Å². The van der Waals surface area contributed by atoms with E-state index < -0.39 is 11.7 Å². The summed E-state index contributed by atoms with van der Waals surface area (Å²) >= 11 is 0. The number of piperidine rings is 1. The van der Waals surface area contributed by atoms with Gasteiger partial charge >= 0.3 is 0 Å². The average molecular weight is 535 g/mol. The number of carbonyl (C=O) groups excluding carboxylic acids is 3. The number of carbonyl (C=O) groups is 3. The van der Waals surface area contributed by atoms with Crippen molar-refractivity contribution in [2.45, 2.75) is 19.3 Å². The first-order chi connectivity index (χ1) is 18.7. The van der Waals surface area contributed by atoms with Crippen LogP contribution in [0.2, 0.25) is 0 Å². The van der Waals surface area contributed by atoms with Crippen molar-refractivity contribution >= 4 is 28.5 Å². The predicted molar refractivity (Wildman–Crippen MR) is 147 cm³/mol. The Balaban J connectivity index is 1.35. The molecule has 2 saturated heterocycles. The third kappa shape index (κ3) is 5.54. The van der Waals surface area contributed by atoms with Crippen LogP contribution in [-0.4, -0.2) is 90.3 Å². The number of likely N-dealkylation sites (tertiary alicyclic amines) is 1. The van der Waals surface area contributed by atoms with Gasteiger partial charge in [0.2, 0.25) is 0 Å². The van der Waals surface area contributed by atoms with E-state index in [4.69, 9.17) is 4.74 Å². The Morgan fingerprint density at radius 2 is 1.56 bits per heavy atom. The van der Waals surface area contributed by atoms with Gasteiger partial charge in [0.25, 0.3) is 17.6 Å². The number of fused-ring (bicyclic) bond motifs is 1. The van der Waals surface area contributed by atoms with Crippen LogP contribution in [0.3, 0.4) is 0 Å². The molecule has 8 nitrogen and oxygen atoms in total. The highest BCUT2D eigenvalue weighted by Crippen LogP contribution is 2.32. The van der Waals surface area contributed by atoms with Crippen molar-refractivity contribution < 1.29 is 23.5 Å². The number of aromatic nitrogens is 1. The first kappa shape index (κ1) is 26.9. The second-order valence-corrected chi connectivity index (χ2v) is 10.7. The molecule has 0 atom stereocenters. The van der Waals surface area contributed by atoms with Gasteiger partial charge in [0.1, 0.15) is 11.6 Å². The molecule has 9 heteroatoms. The van der Waals surface area contributed by atoms with Crippen LogP contribution >= 0.6 is 0 Å². The number of ketones is 1. The van der Waals surface area contributed by atoms with Crippen molar-refractivity contribution in [3.05, 3.63) is 65.1 Å². The van der Waals surface area contributed by atoms with E-state index in [1.54, 1.807) is 27.8 Å². The van der Waals surface area contributed by atoms with E-state index in [0.717, 1.165) is 43.4 Å². The lowest BCUT2D eigenvalue weighted by atomic mass is 9.90. The minimum atomic E-state index is -0.560. The van der Waals surface area contributed by atoms with Crippen LogP contribution in [0.15, 0.2) is 42.6 Å². The number of nitrogens with zero attached hydrogens (tertiary/aromatic N) is 4. The molecule has 2 aliphatic heterocycles. The minimum Gasteiger partial charge on any atom is -0.496 e. The molecule has 2 fully saturated rings. The van der Waals surface area contributed by atoms with Crippen molar-refractivity contribution in [1.82, 2.24) is 19.3 Å². The molecule has 0 aliphatic carbocycles. The van der Waals surface area contributed by atoms with E-state index in [1.807, 2.05) is 31.1 Å². The molecule has 5 rings (SSSR count). The highest BCUT2D eigenvalue weighted by molar-refractivity contribution is 6.45. The Kier molecular flexibility index (Phi) is 7.70. The summed E-state index contributed by atoms with van der Waals surface area (Å²) in [4.78, 5) is 45.6. The molecule has 2 amide bonds. The molecule has 0 spiro atoms. The standard InChI is InChI=1S/C30H35FN4O4/c1-32-12-14-35(15-13-32)30(38)28(36)25-19-33(2)26-18-27(39-3)24(17-23(25)26)29(37)34-10-8-21(9-11-34)16-20-4-6-22(31)7-5-20/h4-7,17-19,21H,8-16H2,1-3H3. The Morgan fingerprint density at radius 1 is 0.897 bits per heavy atom. The third-order valence-electron chi connectivity index (χ3n) is 8.11. The van der Waals surface area contributed by atoms with Gasteiger partial charge in [0, 0.05) is 64.0 Å². The highest BCUT2D eigenvalue weighted by Gasteiger charge is 2.30. The molecule has 0 radical (unpaired) electrons. The second kappa shape index (κ2) is 11.2. The van der Waals surface area contributed by atoms with Crippen molar-refractivity contribution in [1.29, 1.82) is 0 Å². The molecule has 0 N–H and O–H groups in total. The molecule has 3 heterocycles. The monoisotopic (exact) mass is 534 g/mol. The van der Waals surface area contributed by atoms with Gasteiger partial charge in [-0.3, -0.25) is 14.4 Å². The number of likely N-dealkylation sites (N-methyl/N-ethyl adjacent to an activating group) is 1. The predicted octanol–water partition coefficient (Wildman–Crippen LogP) is 3.38. The van der Waals surface area contributed by atoms with Crippen LogP contribution < -0.4 is 4.74 Å². The van der Waals surface area contributed by atoms with E-state index in [0.29, 0.717) is 54.4 Å². The number of benzene rings is 2. The zero-order valence-electron chi connectivity index (χ0n) is 22.8. The van der Waals surface area contributed by atoms with Gasteiger partial charge < -0.3 is 24.0 Å². The molecular formula is C30H35FN4O4. The van der Waals surface area contributed by atoms with Gasteiger partial charge in [-0.05, 0) is 56.0 Å². The molecule has 2 aromatic carbocycles. The van der Waals surface area contributed by atoms with Crippen LogP contribution in [-0.2, 0) is 18.3 Å².